The van der Waals surface area contributed by atoms with Crippen LogP contribution in [0.4, 0.5) is 0 Å². The fourth-order valence-electron chi connectivity index (χ4n) is 9.31. The third-order valence-electron chi connectivity index (χ3n) is 11.8. The summed E-state index contributed by atoms with van der Waals surface area (Å²) >= 11 is 0. The van der Waals surface area contributed by atoms with Crippen molar-refractivity contribution in [1.82, 2.24) is 19.9 Å². The predicted octanol–water partition coefficient (Wildman–Crippen LogP) is 13.1. The highest BCUT2D eigenvalue weighted by Gasteiger charge is 2.52. The molecule has 1 unspecified atom stereocenters. The van der Waals surface area contributed by atoms with E-state index in [-0.39, 0.29) is 0 Å². The number of aromatic nitrogens is 4. The Morgan fingerprint density at radius 2 is 1.02 bits per heavy atom. The summed E-state index contributed by atoms with van der Waals surface area (Å²) in [5, 5.41) is 1.07. The van der Waals surface area contributed by atoms with Crippen LogP contribution in [0.25, 0.3) is 78.4 Å². The molecule has 0 bridgehead atoms. The Morgan fingerprint density at radius 3 is 1.78 bits per heavy atom. The van der Waals surface area contributed by atoms with Crippen LogP contribution in [0.5, 0.6) is 5.75 Å². The Labute approximate surface area is 348 Å². The Bertz CT molecular complexity index is 3220. The van der Waals surface area contributed by atoms with E-state index in [1.807, 2.05) is 66.9 Å². The SMILES string of the molecule is C=CC1=C(C=C)C2(c3ccccc3O1)c1cccc(-c3nc(-c4ccccc4)nc(-c4cccc(-c5ccccc5)c4)n3)c1-c1c(-c3cccc4cccnc34)cccc12. The number of fused-ring (bicyclic) bond motifs is 8. The van der Waals surface area contributed by atoms with Crippen molar-refractivity contribution in [3.8, 4) is 73.3 Å². The van der Waals surface area contributed by atoms with Crippen molar-refractivity contribution in [2.75, 3.05) is 0 Å². The largest absolute Gasteiger partial charge is 0.457 e. The van der Waals surface area contributed by atoms with Gasteiger partial charge in [0.15, 0.2) is 17.5 Å². The van der Waals surface area contributed by atoms with Gasteiger partial charge in [0, 0.05) is 45.0 Å². The molecule has 0 N–H and O–H groups in total. The van der Waals surface area contributed by atoms with Gasteiger partial charge in [-0.3, -0.25) is 4.98 Å². The smallest absolute Gasteiger partial charge is 0.164 e. The van der Waals surface area contributed by atoms with Gasteiger partial charge < -0.3 is 4.74 Å². The monoisotopic (exact) mass is 768 g/mol. The van der Waals surface area contributed by atoms with Crippen molar-refractivity contribution < 1.29 is 4.74 Å². The molecule has 282 valence electrons. The molecule has 1 aliphatic carbocycles. The minimum Gasteiger partial charge on any atom is -0.457 e. The average molecular weight is 769 g/mol. The number of para-hydroxylation sites is 2. The molecule has 7 aromatic carbocycles. The standard InChI is InChI=1S/C55H36N4O/c1-3-43-47(4-2)60-48-32-12-11-29-44(48)55(43)45-30-15-26-40(41-27-14-22-36-25-17-33-56-51(36)41)49(45)50-42(28-16-31-46(50)55)54-58-52(37-20-9-6-10-21-37)57-53(59-54)39-24-13-23-38(34-39)35-18-7-5-8-19-35/h3-34H,1-2H2. The Hall–Kier alpha value is -8.02. The van der Waals surface area contributed by atoms with Gasteiger partial charge in [0.1, 0.15) is 11.5 Å². The maximum atomic E-state index is 6.61. The van der Waals surface area contributed by atoms with Crippen LogP contribution in [0.2, 0.25) is 0 Å². The number of nitrogens with zero attached hydrogens (tertiary/aromatic N) is 4. The van der Waals surface area contributed by atoms with Crippen LogP contribution in [0, 0.1) is 0 Å². The second-order valence-corrected chi connectivity index (χ2v) is 15.0. The average Bonchev–Trinajstić information content (AvgIpc) is 3.62. The van der Waals surface area contributed by atoms with E-state index in [0.717, 1.165) is 89.0 Å². The van der Waals surface area contributed by atoms with Crippen LogP contribution in [0.1, 0.15) is 16.7 Å². The van der Waals surface area contributed by atoms with Crippen molar-refractivity contribution in [1.29, 1.82) is 0 Å². The van der Waals surface area contributed by atoms with E-state index in [9.17, 15) is 0 Å². The molecule has 3 heterocycles. The highest BCUT2D eigenvalue weighted by atomic mass is 16.5. The van der Waals surface area contributed by atoms with E-state index in [1.165, 1.54) is 0 Å². The molecule has 0 amide bonds. The molecule has 0 fully saturated rings. The van der Waals surface area contributed by atoms with Gasteiger partial charge in [0.05, 0.1) is 10.9 Å². The number of allylic oxidation sites excluding steroid dienone is 3. The molecule has 0 radical (unpaired) electrons. The zero-order chi connectivity index (χ0) is 40.2. The van der Waals surface area contributed by atoms with Crippen molar-refractivity contribution in [3.05, 3.63) is 235 Å². The summed E-state index contributed by atoms with van der Waals surface area (Å²) in [6.45, 7) is 8.64. The third-order valence-corrected chi connectivity index (χ3v) is 11.8. The molecule has 1 spiro atoms. The summed E-state index contributed by atoms with van der Waals surface area (Å²) in [6.07, 6.45) is 5.59. The minimum atomic E-state index is -0.809. The number of benzene rings is 7. The molecule has 9 aromatic rings. The summed E-state index contributed by atoms with van der Waals surface area (Å²) in [7, 11) is 0. The van der Waals surface area contributed by atoms with Crippen LogP contribution in [0.15, 0.2) is 219 Å². The summed E-state index contributed by atoms with van der Waals surface area (Å²) in [4.78, 5) is 20.8. The van der Waals surface area contributed by atoms with E-state index >= 15 is 0 Å². The van der Waals surface area contributed by atoms with E-state index in [1.54, 1.807) is 6.08 Å². The first kappa shape index (κ1) is 35.2. The molecule has 0 saturated heterocycles. The predicted molar refractivity (Wildman–Crippen MR) is 242 cm³/mol. The van der Waals surface area contributed by atoms with Crippen molar-refractivity contribution in [3.63, 3.8) is 0 Å². The molecule has 2 aromatic heterocycles. The Kier molecular flexibility index (Phi) is 8.27. The molecule has 60 heavy (non-hydrogen) atoms. The van der Waals surface area contributed by atoms with E-state index in [2.05, 4.69) is 134 Å². The first-order valence-corrected chi connectivity index (χ1v) is 20.0. The summed E-state index contributed by atoms with van der Waals surface area (Å²) in [5.41, 5.74) is 13.3. The highest BCUT2D eigenvalue weighted by Crippen LogP contribution is 2.63. The van der Waals surface area contributed by atoms with Crippen LogP contribution >= 0.6 is 0 Å². The lowest BCUT2D eigenvalue weighted by molar-refractivity contribution is 0.403. The van der Waals surface area contributed by atoms with Gasteiger partial charge in [0.2, 0.25) is 0 Å². The second kappa shape index (κ2) is 14.1. The summed E-state index contributed by atoms with van der Waals surface area (Å²) in [5.74, 6) is 3.19. The molecule has 1 aliphatic heterocycles. The van der Waals surface area contributed by atoms with Gasteiger partial charge in [-0.15, -0.1) is 0 Å². The van der Waals surface area contributed by atoms with Gasteiger partial charge in [-0.2, -0.15) is 0 Å². The molecular formula is C55H36N4O. The normalized spacial score (nSPS) is 14.9. The Morgan fingerprint density at radius 1 is 0.450 bits per heavy atom. The minimum absolute atomic E-state index is 0.572. The zero-order valence-corrected chi connectivity index (χ0v) is 32.6. The molecular weight excluding hydrogens is 733 g/mol. The van der Waals surface area contributed by atoms with Crippen molar-refractivity contribution >= 4 is 10.9 Å². The van der Waals surface area contributed by atoms with Gasteiger partial charge in [-0.1, -0.05) is 177 Å². The molecule has 5 heteroatoms. The van der Waals surface area contributed by atoms with Gasteiger partial charge in [0.25, 0.3) is 0 Å². The van der Waals surface area contributed by atoms with Crippen LogP contribution in [-0.2, 0) is 5.41 Å². The summed E-state index contributed by atoms with van der Waals surface area (Å²) in [6, 6.07) is 60.9. The zero-order valence-electron chi connectivity index (χ0n) is 32.6. The third kappa shape index (κ3) is 5.33. The molecule has 5 nitrogen and oxygen atoms in total. The first-order valence-electron chi connectivity index (χ1n) is 20.0. The fourth-order valence-corrected chi connectivity index (χ4v) is 9.31. The van der Waals surface area contributed by atoms with Gasteiger partial charge in [-0.05, 0) is 63.2 Å². The molecule has 1 atom stereocenters. The number of ether oxygens (including phenoxy) is 1. The quantitative estimate of drug-likeness (QED) is 0.162. The lowest BCUT2D eigenvalue weighted by atomic mass is 9.65. The van der Waals surface area contributed by atoms with Crippen LogP contribution in [0.3, 0.4) is 0 Å². The molecule has 2 aliphatic rings. The number of rotatable bonds is 7. The topological polar surface area (TPSA) is 60.8 Å². The number of pyridine rings is 1. The van der Waals surface area contributed by atoms with E-state index in [0.29, 0.717) is 23.2 Å². The second-order valence-electron chi connectivity index (χ2n) is 15.0. The maximum absolute atomic E-state index is 6.61. The van der Waals surface area contributed by atoms with Crippen LogP contribution < -0.4 is 4.74 Å². The number of hydrogen-bond acceptors (Lipinski definition) is 5. The van der Waals surface area contributed by atoms with E-state index < -0.39 is 5.41 Å². The maximum Gasteiger partial charge on any atom is 0.164 e. The molecule has 11 rings (SSSR count). The van der Waals surface area contributed by atoms with Crippen LogP contribution in [-0.4, -0.2) is 19.9 Å². The van der Waals surface area contributed by atoms with Crippen molar-refractivity contribution in [2.24, 2.45) is 0 Å². The summed E-state index contributed by atoms with van der Waals surface area (Å²) < 4.78 is 6.61. The van der Waals surface area contributed by atoms with Gasteiger partial charge >= 0.3 is 0 Å². The van der Waals surface area contributed by atoms with E-state index in [4.69, 9.17) is 24.7 Å². The molecule has 0 saturated carbocycles. The van der Waals surface area contributed by atoms with Crippen molar-refractivity contribution in [2.45, 2.75) is 5.41 Å². The Balaban J connectivity index is 1.25. The highest BCUT2D eigenvalue weighted by molar-refractivity contribution is 6.05. The lowest BCUT2D eigenvalue weighted by Gasteiger charge is -2.39. The van der Waals surface area contributed by atoms with Gasteiger partial charge in [-0.25, -0.2) is 15.0 Å². The first-order chi connectivity index (χ1) is 29.7. The number of hydrogen-bond donors (Lipinski definition) is 0. The fraction of sp³-hybridized carbons (Fsp3) is 0.0182. The lowest BCUT2D eigenvalue weighted by Crippen LogP contribution is -2.34.